The summed E-state index contributed by atoms with van der Waals surface area (Å²) >= 11 is 1.72. The number of sulfonamides is 1. The van der Waals surface area contributed by atoms with Gasteiger partial charge in [-0.3, -0.25) is 4.72 Å². The van der Waals surface area contributed by atoms with E-state index < -0.39 is 10.0 Å². The number of rotatable bonds is 4. The summed E-state index contributed by atoms with van der Waals surface area (Å²) in [4.78, 5) is 10.7. The molecule has 6 nitrogen and oxygen atoms in total. The molecule has 1 aromatic carbocycles. The lowest BCUT2D eigenvalue weighted by molar-refractivity contribution is 0.313. The number of nitrogens with one attached hydrogen (secondary N) is 1. The zero-order valence-electron chi connectivity index (χ0n) is 14.5. The highest BCUT2D eigenvalue weighted by Crippen LogP contribution is 2.33. The Morgan fingerprint density at radius 3 is 2.28 bits per heavy atom. The fourth-order valence-electron chi connectivity index (χ4n) is 2.69. The predicted molar refractivity (Wildman–Crippen MR) is 108 cm³/mol. The third kappa shape index (κ3) is 5.07. The second-order valence-corrected chi connectivity index (χ2v) is 9.07. The molecule has 2 heterocycles. The van der Waals surface area contributed by atoms with Crippen molar-refractivity contribution >= 4 is 44.6 Å². The summed E-state index contributed by atoms with van der Waals surface area (Å²) < 4.78 is 25.0. The van der Waals surface area contributed by atoms with Crippen LogP contribution in [-0.2, 0) is 10.0 Å². The molecule has 25 heavy (non-hydrogen) atoms. The topological polar surface area (TPSA) is 65.5 Å². The number of hydrogen-bond donors (Lipinski definition) is 1. The molecule has 9 heteroatoms. The molecule has 0 saturated carbocycles. The number of benzene rings is 1. The molecule has 0 aliphatic carbocycles. The molecule has 1 N–H and O–H groups in total. The molecule has 0 amide bonds. The SMILES string of the molecule is Cc1sc(N2CCN(C)CC2)nc1-c1ccc(NS(C)(=O)=O)cc1.Cl. The van der Waals surface area contributed by atoms with E-state index in [0.717, 1.165) is 48.8 Å². The maximum Gasteiger partial charge on any atom is 0.229 e. The zero-order valence-corrected chi connectivity index (χ0v) is 17.0. The molecular formula is C16H23ClN4O2S2. The van der Waals surface area contributed by atoms with E-state index in [4.69, 9.17) is 4.98 Å². The summed E-state index contributed by atoms with van der Waals surface area (Å²) in [6.07, 6.45) is 1.15. The summed E-state index contributed by atoms with van der Waals surface area (Å²) in [5.74, 6) is 0. The van der Waals surface area contributed by atoms with Gasteiger partial charge in [-0.15, -0.1) is 23.7 Å². The second-order valence-electron chi connectivity index (χ2n) is 6.14. The van der Waals surface area contributed by atoms with Crippen LogP contribution in [0, 0.1) is 6.92 Å². The van der Waals surface area contributed by atoms with Crippen LogP contribution in [0.15, 0.2) is 24.3 Å². The highest BCUT2D eigenvalue weighted by Gasteiger charge is 2.19. The minimum absolute atomic E-state index is 0. The van der Waals surface area contributed by atoms with Gasteiger partial charge in [0.2, 0.25) is 10.0 Å². The van der Waals surface area contributed by atoms with Crippen LogP contribution in [0.2, 0.25) is 0 Å². The van der Waals surface area contributed by atoms with Crippen LogP contribution in [0.4, 0.5) is 10.8 Å². The molecule has 0 spiro atoms. The van der Waals surface area contributed by atoms with Crippen molar-refractivity contribution in [3.05, 3.63) is 29.1 Å². The second kappa shape index (κ2) is 7.90. The fourth-order valence-corrected chi connectivity index (χ4v) is 4.24. The van der Waals surface area contributed by atoms with E-state index in [0.29, 0.717) is 5.69 Å². The Labute approximate surface area is 159 Å². The first-order valence-electron chi connectivity index (χ1n) is 7.81. The number of piperazine rings is 1. The van der Waals surface area contributed by atoms with Gasteiger partial charge in [0.1, 0.15) is 0 Å². The number of aryl methyl sites for hydroxylation is 1. The van der Waals surface area contributed by atoms with Crippen LogP contribution >= 0.6 is 23.7 Å². The third-order valence-corrected chi connectivity index (χ3v) is 5.66. The lowest BCUT2D eigenvalue weighted by Gasteiger charge is -2.32. The molecule has 1 aromatic heterocycles. The van der Waals surface area contributed by atoms with E-state index >= 15 is 0 Å². The zero-order chi connectivity index (χ0) is 17.3. The highest BCUT2D eigenvalue weighted by molar-refractivity contribution is 7.92. The molecule has 1 aliphatic heterocycles. The number of nitrogens with zero attached hydrogens (tertiary/aromatic N) is 3. The van der Waals surface area contributed by atoms with Gasteiger partial charge in [0.25, 0.3) is 0 Å². The van der Waals surface area contributed by atoms with Crippen LogP contribution in [-0.4, -0.2) is 57.8 Å². The molecule has 1 fully saturated rings. The van der Waals surface area contributed by atoms with Gasteiger partial charge in [-0.1, -0.05) is 12.1 Å². The minimum atomic E-state index is -3.25. The first-order chi connectivity index (χ1) is 11.3. The van der Waals surface area contributed by atoms with E-state index in [9.17, 15) is 8.42 Å². The predicted octanol–water partition coefficient (Wildman–Crippen LogP) is 2.66. The number of thiazole rings is 1. The Kier molecular flexibility index (Phi) is 6.31. The maximum atomic E-state index is 11.3. The van der Waals surface area contributed by atoms with Crippen molar-refractivity contribution in [2.45, 2.75) is 6.92 Å². The van der Waals surface area contributed by atoms with E-state index in [1.165, 1.54) is 4.88 Å². The molecule has 0 atom stereocenters. The first-order valence-corrected chi connectivity index (χ1v) is 10.5. The molecule has 1 saturated heterocycles. The summed E-state index contributed by atoms with van der Waals surface area (Å²) in [5, 5.41) is 1.06. The quantitative estimate of drug-likeness (QED) is 0.851. The van der Waals surface area contributed by atoms with Crippen LogP contribution in [0.25, 0.3) is 11.3 Å². The van der Waals surface area contributed by atoms with Crippen LogP contribution in [0.1, 0.15) is 4.88 Å². The summed E-state index contributed by atoms with van der Waals surface area (Å²) in [6, 6.07) is 7.35. The van der Waals surface area contributed by atoms with E-state index in [-0.39, 0.29) is 12.4 Å². The molecule has 0 radical (unpaired) electrons. The van der Waals surface area contributed by atoms with Crippen LogP contribution < -0.4 is 9.62 Å². The van der Waals surface area contributed by atoms with Gasteiger partial charge in [-0.25, -0.2) is 13.4 Å². The number of likely N-dealkylation sites (N-methyl/N-ethyl adjacent to an activating group) is 1. The molecular weight excluding hydrogens is 380 g/mol. The van der Waals surface area contributed by atoms with E-state index in [2.05, 4.69) is 28.5 Å². The monoisotopic (exact) mass is 402 g/mol. The minimum Gasteiger partial charge on any atom is -0.346 e. The summed E-state index contributed by atoms with van der Waals surface area (Å²) in [7, 11) is -1.11. The van der Waals surface area contributed by atoms with Crippen molar-refractivity contribution in [3.63, 3.8) is 0 Å². The molecule has 2 aromatic rings. The average Bonchev–Trinajstić information content (AvgIpc) is 2.89. The smallest absolute Gasteiger partial charge is 0.229 e. The highest BCUT2D eigenvalue weighted by atomic mass is 35.5. The Hall–Kier alpha value is -1.35. The van der Waals surface area contributed by atoms with Gasteiger partial charge in [-0.05, 0) is 26.1 Å². The normalized spacial score (nSPS) is 15.7. The van der Waals surface area contributed by atoms with Crippen molar-refractivity contribution in [1.29, 1.82) is 0 Å². The third-order valence-electron chi connectivity index (χ3n) is 4.02. The Morgan fingerprint density at radius 1 is 1.12 bits per heavy atom. The van der Waals surface area contributed by atoms with E-state index in [1.807, 2.05) is 12.1 Å². The first kappa shape index (κ1) is 20.0. The fraction of sp³-hybridized carbons (Fsp3) is 0.438. The Bertz CT molecular complexity index is 813. The van der Waals surface area contributed by atoms with Crippen molar-refractivity contribution < 1.29 is 8.42 Å². The summed E-state index contributed by atoms with van der Waals surface area (Å²) in [5.41, 5.74) is 2.54. The lowest BCUT2D eigenvalue weighted by atomic mass is 10.1. The van der Waals surface area contributed by atoms with Gasteiger partial charge in [0, 0.05) is 42.3 Å². The lowest BCUT2D eigenvalue weighted by Crippen LogP contribution is -2.44. The van der Waals surface area contributed by atoms with E-state index in [1.54, 1.807) is 23.5 Å². The number of anilines is 2. The summed E-state index contributed by atoms with van der Waals surface area (Å²) in [6.45, 7) is 6.19. The molecule has 1 aliphatic rings. The van der Waals surface area contributed by atoms with Crippen molar-refractivity contribution in [1.82, 2.24) is 9.88 Å². The molecule has 138 valence electrons. The Morgan fingerprint density at radius 2 is 1.72 bits per heavy atom. The maximum absolute atomic E-state index is 11.3. The Balaban J connectivity index is 0.00000225. The van der Waals surface area contributed by atoms with Gasteiger partial charge in [0.15, 0.2) is 5.13 Å². The van der Waals surface area contributed by atoms with Crippen LogP contribution in [0.3, 0.4) is 0 Å². The van der Waals surface area contributed by atoms with Crippen molar-refractivity contribution in [3.8, 4) is 11.3 Å². The van der Waals surface area contributed by atoms with Crippen LogP contribution in [0.5, 0.6) is 0 Å². The van der Waals surface area contributed by atoms with Gasteiger partial charge >= 0.3 is 0 Å². The average molecular weight is 403 g/mol. The van der Waals surface area contributed by atoms with Crippen molar-refractivity contribution in [2.75, 3.05) is 49.1 Å². The van der Waals surface area contributed by atoms with Gasteiger partial charge in [-0.2, -0.15) is 0 Å². The largest absolute Gasteiger partial charge is 0.346 e. The molecule has 0 unspecified atom stereocenters. The number of halogens is 1. The standard InChI is InChI=1S/C16H22N4O2S2.ClH/c1-12-15(13-4-6-14(7-5-13)18-24(3,21)22)17-16(23-12)20-10-8-19(2)9-11-20;/h4-7,18H,8-11H2,1-3H3;1H. The molecule has 0 bridgehead atoms. The molecule has 3 rings (SSSR count). The number of aromatic nitrogens is 1. The van der Waals surface area contributed by atoms with Gasteiger partial charge in [0.05, 0.1) is 11.9 Å². The van der Waals surface area contributed by atoms with Gasteiger partial charge < -0.3 is 9.80 Å². The number of hydrogen-bond acceptors (Lipinski definition) is 6. The van der Waals surface area contributed by atoms with Crippen molar-refractivity contribution in [2.24, 2.45) is 0 Å².